The zero-order valence-corrected chi connectivity index (χ0v) is 12.1. The van der Waals surface area contributed by atoms with Crippen molar-refractivity contribution in [3.05, 3.63) is 35.9 Å². The van der Waals surface area contributed by atoms with E-state index < -0.39 is 5.79 Å². The molecule has 0 aliphatic carbocycles. The van der Waals surface area contributed by atoms with Gasteiger partial charge in [-0.2, -0.15) is 0 Å². The van der Waals surface area contributed by atoms with Crippen LogP contribution in [0.25, 0.3) is 0 Å². The fourth-order valence-corrected chi connectivity index (χ4v) is 2.87. The highest BCUT2D eigenvalue weighted by molar-refractivity contribution is 5.73. The van der Waals surface area contributed by atoms with Gasteiger partial charge in [-0.3, -0.25) is 4.79 Å². The molecule has 0 radical (unpaired) electrons. The topological polar surface area (TPSA) is 54.0 Å². The molecule has 2 saturated heterocycles. The highest BCUT2D eigenvalue weighted by atomic mass is 16.7. The number of esters is 1. The SMILES string of the molecule is COC12CCC(OCc3ccccc3)COC1CC(=O)O2. The van der Waals surface area contributed by atoms with Crippen molar-refractivity contribution in [1.29, 1.82) is 0 Å². The summed E-state index contributed by atoms with van der Waals surface area (Å²) in [6.07, 6.45) is 1.24. The molecule has 1 aromatic rings. The zero-order chi connectivity index (χ0) is 14.7. The summed E-state index contributed by atoms with van der Waals surface area (Å²) in [4.78, 5) is 11.5. The van der Waals surface area contributed by atoms with Gasteiger partial charge in [0, 0.05) is 13.5 Å². The third-order valence-electron chi connectivity index (χ3n) is 4.10. The van der Waals surface area contributed by atoms with E-state index in [0.717, 1.165) is 12.0 Å². The molecular formula is C16H20O5. The van der Waals surface area contributed by atoms with Crippen molar-refractivity contribution < 1.29 is 23.7 Å². The number of fused-ring (bicyclic) bond motifs is 1. The molecule has 2 aliphatic rings. The van der Waals surface area contributed by atoms with Gasteiger partial charge in [0.25, 0.3) is 0 Å². The number of rotatable bonds is 4. The molecule has 0 amide bonds. The number of hydrogen-bond acceptors (Lipinski definition) is 5. The van der Waals surface area contributed by atoms with Crippen molar-refractivity contribution in [2.45, 2.75) is 43.9 Å². The Hall–Kier alpha value is -1.43. The summed E-state index contributed by atoms with van der Waals surface area (Å²) in [6, 6.07) is 10.0. The molecule has 114 valence electrons. The lowest BCUT2D eigenvalue weighted by Gasteiger charge is -2.29. The van der Waals surface area contributed by atoms with Crippen molar-refractivity contribution in [3.8, 4) is 0 Å². The summed E-state index contributed by atoms with van der Waals surface area (Å²) in [7, 11) is 1.56. The Balaban J connectivity index is 1.58. The first-order valence-corrected chi connectivity index (χ1v) is 7.26. The van der Waals surface area contributed by atoms with Gasteiger partial charge in [0.2, 0.25) is 5.79 Å². The van der Waals surface area contributed by atoms with E-state index in [1.165, 1.54) is 0 Å². The molecule has 21 heavy (non-hydrogen) atoms. The van der Waals surface area contributed by atoms with Gasteiger partial charge in [-0.1, -0.05) is 30.3 Å². The average Bonchev–Trinajstić information content (AvgIpc) is 2.74. The molecule has 2 fully saturated rings. The standard InChI is InChI=1S/C16H20O5/c1-18-16-8-7-13(11-20-14(16)9-15(17)21-16)19-10-12-5-3-2-4-6-12/h2-6,13-14H,7-11H2,1H3. The highest BCUT2D eigenvalue weighted by Gasteiger charge is 2.52. The highest BCUT2D eigenvalue weighted by Crippen LogP contribution is 2.37. The predicted octanol–water partition coefficient (Wildman–Crippen LogP) is 2.04. The molecule has 0 spiro atoms. The summed E-state index contributed by atoms with van der Waals surface area (Å²) in [5.74, 6) is -1.19. The number of benzene rings is 1. The fourth-order valence-electron chi connectivity index (χ4n) is 2.87. The molecule has 3 rings (SSSR count). The van der Waals surface area contributed by atoms with Crippen molar-refractivity contribution in [2.75, 3.05) is 13.7 Å². The van der Waals surface area contributed by atoms with E-state index in [4.69, 9.17) is 18.9 Å². The smallest absolute Gasteiger partial charge is 0.311 e. The average molecular weight is 292 g/mol. The molecular weight excluding hydrogens is 272 g/mol. The van der Waals surface area contributed by atoms with E-state index in [1.54, 1.807) is 7.11 Å². The number of carbonyl (C=O) groups excluding carboxylic acids is 1. The molecule has 0 N–H and O–H groups in total. The number of hydrogen-bond donors (Lipinski definition) is 0. The number of carbonyl (C=O) groups is 1. The fraction of sp³-hybridized carbons (Fsp3) is 0.562. The van der Waals surface area contributed by atoms with Crippen LogP contribution in [-0.4, -0.2) is 37.7 Å². The van der Waals surface area contributed by atoms with Crippen LogP contribution in [0, 0.1) is 0 Å². The summed E-state index contributed by atoms with van der Waals surface area (Å²) in [5.41, 5.74) is 1.13. The van der Waals surface area contributed by atoms with Gasteiger partial charge in [0.1, 0.15) is 6.10 Å². The molecule has 0 bridgehead atoms. The molecule has 2 aliphatic heterocycles. The first-order valence-electron chi connectivity index (χ1n) is 7.26. The van der Waals surface area contributed by atoms with E-state index in [2.05, 4.69) is 0 Å². The first-order chi connectivity index (χ1) is 10.2. The maximum Gasteiger partial charge on any atom is 0.311 e. The van der Waals surface area contributed by atoms with Crippen LogP contribution in [0.5, 0.6) is 0 Å². The molecule has 5 heteroatoms. The Morgan fingerprint density at radius 1 is 1.33 bits per heavy atom. The quantitative estimate of drug-likeness (QED) is 0.795. The van der Waals surface area contributed by atoms with Gasteiger partial charge in [0.15, 0.2) is 0 Å². The second kappa shape index (κ2) is 6.13. The Morgan fingerprint density at radius 3 is 2.90 bits per heavy atom. The number of ether oxygens (including phenoxy) is 4. The van der Waals surface area contributed by atoms with Crippen molar-refractivity contribution in [1.82, 2.24) is 0 Å². The van der Waals surface area contributed by atoms with Gasteiger partial charge in [-0.25, -0.2) is 0 Å². The minimum atomic E-state index is -0.929. The van der Waals surface area contributed by atoms with Crippen molar-refractivity contribution >= 4 is 5.97 Å². The van der Waals surface area contributed by atoms with E-state index in [1.807, 2.05) is 30.3 Å². The molecule has 0 saturated carbocycles. The van der Waals surface area contributed by atoms with Gasteiger partial charge >= 0.3 is 5.97 Å². The molecule has 3 atom stereocenters. The molecule has 5 nitrogen and oxygen atoms in total. The van der Waals surface area contributed by atoms with Crippen LogP contribution in [0.1, 0.15) is 24.8 Å². The Morgan fingerprint density at radius 2 is 2.14 bits per heavy atom. The third-order valence-corrected chi connectivity index (χ3v) is 4.10. The summed E-state index contributed by atoms with van der Waals surface area (Å²) < 4.78 is 22.5. The minimum absolute atomic E-state index is 0.0125. The van der Waals surface area contributed by atoms with Crippen LogP contribution >= 0.6 is 0 Å². The molecule has 0 aromatic heterocycles. The van der Waals surface area contributed by atoms with Gasteiger partial charge in [0.05, 0.1) is 25.7 Å². The second-order valence-electron chi connectivity index (χ2n) is 5.47. The van der Waals surface area contributed by atoms with Gasteiger partial charge in [-0.15, -0.1) is 0 Å². The van der Waals surface area contributed by atoms with E-state index >= 15 is 0 Å². The molecule has 1 aromatic carbocycles. The maximum atomic E-state index is 11.5. The zero-order valence-electron chi connectivity index (χ0n) is 12.1. The Kier molecular flexibility index (Phi) is 4.24. The first kappa shape index (κ1) is 14.5. The predicted molar refractivity (Wildman–Crippen MR) is 74.4 cm³/mol. The maximum absolute atomic E-state index is 11.5. The van der Waals surface area contributed by atoms with Gasteiger partial charge in [-0.05, 0) is 12.0 Å². The van der Waals surface area contributed by atoms with Crippen LogP contribution in [-0.2, 0) is 30.3 Å². The number of methoxy groups -OCH3 is 1. The normalized spacial score (nSPS) is 32.3. The third kappa shape index (κ3) is 3.10. The Bertz CT molecular complexity index is 489. The van der Waals surface area contributed by atoms with E-state index in [9.17, 15) is 4.79 Å². The minimum Gasteiger partial charge on any atom is -0.430 e. The summed E-state index contributed by atoms with van der Waals surface area (Å²) in [6.45, 7) is 1.01. The monoisotopic (exact) mass is 292 g/mol. The van der Waals surface area contributed by atoms with Gasteiger partial charge < -0.3 is 18.9 Å². The van der Waals surface area contributed by atoms with Crippen LogP contribution in [0.4, 0.5) is 0 Å². The lowest BCUT2D eigenvalue weighted by atomic mass is 10.0. The molecule has 2 heterocycles. The van der Waals surface area contributed by atoms with Crippen LogP contribution in [0.15, 0.2) is 30.3 Å². The Labute approximate surface area is 124 Å². The lowest BCUT2D eigenvalue weighted by molar-refractivity contribution is -0.235. The van der Waals surface area contributed by atoms with E-state index in [0.29, 0.717) is 19.6 Å². The molecule has 3 unspecified atom stereocenters. The van der Waals surface area contributed by atoms with Crippen LogP contribution in [0.2, 0.25) is 0 Å². The van der Waals surface area contributed by atoms with Crippen molar-refractivity contribution in [2.24, 2.45) is 0 Å². The summed E-state index contributed by atoms with van der Waals surface area (Å²) >= 11 is 0. The largest absolute Gasteiger partial charge is 0.430 e. The second-order valence-corrected chi connectivity index (χ2v) is 5.47. The van der Waals surface area contributed by atoms with Crippen LogP contribution in [0.3, 0.4) is 0 Å². The summed E-state index contributed by atoms with van der Waals surface area (Å²) in [5, 5.41) is 0. The van der Waals surface area contributed by atoms with E-state index in [-0.39, 0.29) is 24.6 Å². The van der Waals surface area contributed by atoms with Crippen LogP contribution < -0.4 is 0 Å². The van der Waals surface area contributed by atoms with Crippen molar-refractivity contribution in [3.63, 3.8) is 0 Å². The lowest BCUT2D eigenvalue weighted by Crippen LogP contribution is -2.41.